The summed E-state index contributed by atoms with van der Waals surface area (Å²) in [5.74, 6) is -0.253. The molecule has 0 aliphatic carbocycles. The number of fused-ring (bicyclic) bond motifs is 3. The lowest BCUT2D eigenvalue weighted by molar-refractivity contribution is 0.637. The van der Waals surface area contributed by atoms with Gasteiger partial charge in [-0.25, -0.2) is 9.37 Å². The van der Waals surface area contributed by atoms with E-state index < -0.39 is 0 Å². The first kappa shape index (κ1) is 10.5. The number of aryl methyl sites for hydroxylation is 1. The number of benzene rings is 1. The van der Waals surface area contributed by atoms with Crippen LogP contribution < -0.4 is 0 Å². The first-order chi connectivity index (χ1) is 8.20. The number of para-hydroxylation sites is 1. The number of halogens is 2. The minimum Gasteiger partial charge on any atom is -0.351 e. The molecular weight excluding hydrogens is 239 g/mol. The van der Waals surface area contributed by atoms with Crippen LogP contribution in [0.3, 0.4) is 0 Å². The van der Waals surface area contributed by atoms with E-state index in [1.165, 1.54) is 6.07 Å². The largest absolute Gasteiger partial charge is 0.351 e. The van der Waals surface area contributed by atoms with Gasteiger partial charge in [-0.15, -0.1) is 0 Å². The minimum atomic E-state index is -0.253. The minimum absolute atomic E-state index is 0.253. The fourth-order valence-electron chi connectivity index (χ4n) is 2.17. The molecule has 17 heavy (non-hydrogen) atoms. The smallest absolute Gasteiger partial charge is 0.147 e. The molecule has 1 aromatic carbocycles. The Kier molecular flexibility index (Phi) is 2.30. The SMILES string of the molecule is CCc1nc(Cl)cc2c1[nH]c1c(F)cccc12. The third-order valence-corrected chi connectivity index (χ3v) is 3.15. The van der Waals surface area contributed by atoms with E-state index in [1.807, 2.05) is 13.0 Å². The monoisotopic (exact) mass is 248 g/mol. The summed E-state index contributed by atoms with van der Waals surface area (Å²) in [5.41, 5.74) is 2.25. The van der Waals surface area contributed by atoms with E-state index in [2.05, 4.69) is 9.97 Å². The summed E-state index contributed by atoms with van der Waals surface area (Å²) in [4.78, 5) is 7.35. The zero-order valence-electron chi connectivity index (χ0n) is 9.22. The summed E-state index contributed by atoms with van der Waals surface area (Å²) >= 11 is 5.98. The average molecular weight is 249 g/mol. The normalized spacial score (nSPS) is 11.5. The van der Waals surface area contributed by atoms with E-state index in [0.717, 1.165) is 28.4 Å². The van der Waals surface area contributed by atoms with Crippen LogP contribution in [0.25, 0.3) is 21.8 Å². The lowest BCUT2D eigenvalue weighted by Gasteiger charge is -1.99. The molecule has 0 amide bonds. The summed E-state index contributed by atoms with van der Waals surface area (Å²) in [6, 6.07) is 6.80. The van der Waals surface area contributed by atoms with Crippen LogP contribution in [0.5, 0.6) is 0 Å². The van der Waals surface area contributed by atoms with E-state index in [9.17, 15) is 4.39 Å². The maximum atomic E-state index is 13.7. The molecule has 86 valence electrons. The van der Waals surface area contributed by atoms with Gasteiger partial charge in [0.15, 0.2) is 0 Å². The zero-order chi connectivity index (χ0) is 12.0. The summed E-state index contributed by atoms with van der Waals surface area (Å²) in [6.45, 7) is 2.00. The van der Waals surface area contributed by atoms with Crippen molar-refractivity contribution < 1.29 is 4.39 Å². The van der Waals surface area contributed by atoms with E-state index in [4.69, 9.17) is 11.6 Å². The molecule has 0 aliphatic rings. The van der Waals surface area contributed by atoms with Crippen LogP contribution in [0.4, 0.5) is 4.39 Å². The van der Waals surface area contributed by atoms with E-state index >= 15 is 0 Å². The lowest BCUT2D eigenvalue weighted by atomic mass is 10.1. The number of pyridine rings is 1. The first-order valence-corrected chi connectivity index (χ1v) is 5.84. The molecule has 0 fully saturated rings. The molecule has 2 heterocycles. The van der Waals surface area contributed by atoms with Crippen LogP contribution in [0.1, 0.15) is 12.6 Å². The number of aromatic amines is 1. The molecule has 0 radical (unpaired) electrons. The number of nitrogens with one attached hydrogen (secondary N) is 1. The van der Waals surface area contributed by atoms with Gasteiger partial charge in [-0.2, -0.15) is 0 Å². The third-order valence-electron chi connectivity index (χ3n) is 2.95. The molecule has 0 spiro atoms. The van der Waals surface area contributed by atoms with E-state index in [-0.39, 0.29) is 5.82 Å². The highest BCUT2D eigenvalue weighted by atomic mass is 35.5. The zero-order valence-corrected chi connectivity index (χ0v) is 9.98. The highest BCUT2D eigenvalue weighted by Crippen LogP contribution is 2.30. The van der Waals surface area contributed by atoms with Crippen LogP contribution >= 0.6 is 11.6 Å². The highest BCUT2D eigenvalue weighted by molar-refractivity contribution is 6.30. The molecule has 0 atom stereocenters. The van der Waals surface area contributed by atoms with Gasteiger partial charge in [-0.3, -0.25) is 0 Å². The highest BCUT2D eigenvalue weighted by Gasteiger charge is 2.12. The molecule has 0 saturated carbocycles. The van der Waals surface area contributed by atoms with Gasteiger partial charge in [0.2, 0.25) is 0 Å². The van der Waals surface area contributed by atoms with Crippen molar-refractivity contribution in [3.05, 3.63) is 40.9 Å². The van der Waals surface area contributed by atoms with Gasteiger partial charge in [0.1, 0.15) is 11.0 Å². The number of rotatable bonds is 1. The molecule has 0 bridgehead atoms. The van der Waals surface area contributed by atoms with Gasteiger partial charge in [0.25, 0.3) is 0 Å². The van der Waals surface area contributed by atoms with Crippen molar-refractivity contribution in [1.82, 2.24) is 9.97 Å². The van der Waals surface area contributed by atoms with Gasteiger partial charge < -0.3 is 4.98 Å². The lowest BCUT2D eigenvalue weighted by Crippen LogP contribution is -1.89. The first-order valence-electron chi connectivity index (χ1n) is 5.46. The number of nitrogens with zero attached hydrogens (tertiary/aromatic N) is 1. The maximum Gasteiger partial charge on any atom is 0.147 e. The Hall–Kier alpha value is -1.61. The molecule has 1 N–H and O–H groups in total. The molecule has 0 unspecified atom stereocenters. The van der Waals surface area contributed by atoms with Gasteiger partial charge in [0.05, 0.1) is 16.7 Å². The van der Waals surface area contributed by atoms with Crippen molar-refractivity contribution in [3.8, 4) is 0 Å². The maximum absolute atomic E-state index is 13.7. The van der Waals surface area contributed by atoms with Gasteiger partial charge in [-0.1, -0.05) is 30.7 Å². The standard InChI is InChI=1S/C13H10ClFN2/c1-2-10-13-8(6-11(14)16-10)7-4-3-5-9(15)12(7)17-13/h3-6,17H,2H2,1H3. The van der Waals surface area contributed by atoms with Crippen LogP contribution in [0.2, 0.25) is 5.15 Å². The molecular formula is C13H10ClFN2. The van der Waals surface area contributed by atoms with Crippen LogP contribution in [-0.2, 0) is 6.42 Å². The second kappa shape index (κ2) is 3.70. The van der Waals surface area contributed by atoms with Crippen molar-refractivity contribution in [2.24, 2.45) is 0 Å². The number of H-pyrrole nitrogens is 1. The Bertz CT molecular complexity index is 718. The Balaban J connectivity index is 2.55. The summed E-state index contributed by atoms with van der Waals surface area (Å²) in [7, 11) is 0. The Labute approximate surface area is 102 Å². The number of hydrogen-bond donors (Lipinski definition) is 1. The predicted molar refractivity (Wildman–Crippen MR) is 67.9 cm³/mol. The van der Waals surface area contributed by atoms with Crippen LogP contribution in [0, 0.1) is 5.82 Å². The van der Waals surface area contributed by atoms with Crippen LogP contribution in [0.15, 0.2) is 24.3 Å². The summed E-state index contributed by atoms with van der Waals surface area (Å²) in [6.07, 6.45) is 0.755. The fourth-order valence-corrected chi connectivity index (χ4v) is 2.38. The molecule has 2 aromatic heterocycles. The van der Waals surface area contributed by atoms with Crippen LogP contribution in [-0.4, -0.2) is 9.97 Å². The number of hydrogen-bond acceptors (Lipinski definition) is 1. The van der Waals surface area contributed by atoms with Crippen molar-refractivity contribution in [2.45, 2.75) is 13.3 Å². The predicted octanol–water partition coefficient (Wildman–Crippen LogP) is 4.07. The third kappa shape index (κ3) is 1.50. The Morgan fingerprint density at radius 2 is 2.12 bits per heavy atom. The Morgan fingerprint density at radius 3 is 2.88 bits per heavy atom. The van der Waals surface area contributed by atoms with E-state index in [1.54, 1.807) is 12.1 Å². The number of aromatic nitrogens is 2. The van der Waals surface area contributed by atoms with Crippen molar-refractivity contribution in [2.75, 3.05) is 0 Å². The molecule has 0 aliphatic heterocycles. The topological polar surface area (TPSA) is 28.7 Å². The fraction of sp³-hybridized carbons (Fsp3) is 0.154. The Morgan fingerprint density at radius 1 is 1.29 bits per heavy atom. The summed E-state index contributed by atoms with van der Waals surface area (Å²) < 4.78 is 13.7. The molecule has 2 nitrogen and oxygen atoms in total. The van der Waals surface area contributed by atoms with Crippen molar-refractivity contribution >= 4 is 33.4 Å². The van der Waals surface area contributed by atoms with E-state index in [0.29, 0.717) is 10.7 Å². The van der Waals surface area contributed by atoms with Gasteiger partial charge in [-0.05, 0) is 18.6 Å². The van der Waals surface area contributed by atoms with Gasteiger partial charge in [0, 0.05) is 10.8 Å². The quantitative estimate of drug-likeness (QED) is 0.646. The van der Waals surface area contributed by atoms with Crippen molar-refractivity contribution in [3.63, 3.8) is 0 Å². The second-order valence-electron chi connectivity index (χ2n) is 3.96. The molecule has 4 heteroatoms. The molecule has 3 aromatic rings. The average Bonchev–Trinajstić information content (AvgIpc) is 2.68. The van der Waals surface area contributed by atoms with Crippen molar-refractivity contribution in [1.29, 1.82) is 0 Å². The summed E-state index contributed by atoms with van der Waals surface area (Å²) in [5, 5.41) is 2.22. The van der Waals surface area contributed by atoms with Gasteiger partial charge >= 0.3 is 0 Å². The second-order valence-corrected chi connectivity index (χ2v) is 4.34. The molecule has 0 saturated heterocycles. The molecule has 3 rings (SSSR count).